The fourth-order valence-corrected chi connectivity index (χ4v) is 4.24. The summed E-state index contributed by atoms with van der Waals surface area (Å²) in [5.41, 5.74) is 0.106. The molecule has 5 rings (SSSR count). The fourth-order valence-electron chi connectivity index (χ4n) is 4.24. The number of furan rings is 1. The molecule has 0 bridgehead atoms. The van der Waals surface area contributed by atoms with Gasteiger partial charge in [-0.05, 0) is 31.9 Å². The molecule has 2 saturated heterocycles. The summed E-state index contributed by atoms with van der Waals surface area (Å²) in [5.74, 6) is 4.67. The Morgan fingerprint density at radius 2 is 2.17 bits per heavy atom. The van der Waals surface area contributed by atoms with Crippen LogP contribution in [-0.2, 0) is 17.7 Å². The molecule has 4 heterocycles. The Balaban J connectivity index is 1.31. The molecule has 0 radical (unpaired) electrons. The highest BCUT2D eigenvalue weighted by Crippen LogP contribution is 2.45. The lowest BCUT2D eigenvalue weighted by Crippen LogP contribution is -2.33. The minimum Gasteiger partial charge on any atom is -0.465 e. The van der Waals surface area contributed by atoms with E-state index in [-0.39, 0.29) is 5.41 Å². The number of likely N-dealkylation sites (tertiary alicyclic amines) is 1. The van der Waals surface area contributed by atoms with Crippen LogP contribution in [0, 0.1) is 18.3 Å². The van der Waals surface area contributed by atoms with E-state index in [0.717, 1.165) is 62.6 Å². The lowest BCUT2D eigenvalue weighted by atomic mass is 9.78. The van der Waals surface area contributed by atoms with Crippen molar-refractivity contribution in [1.29, 1.82) is 0 Å². The summed E-state index contributed by atoms with van der Waals surface area (Å²) in [5, 5.41) is 8.53. The predicted molar refractivity (Wildman–Crippen MR) is 85.4 cm³/mol. The smallest absolute Gasteiger partial charge is 0.219 e. The molecule has 128 valence electrons. The van der Waals surface area contributed by atoms with Crippen LogP contribution in [0.2, 0.25) is 0 Å². The van der Waals surface area contributed by atoms with Gasteiger partial charge < -0.3 is 13.6 Å². The van der Waals surface area contributed by atoms with Crippen molar-refractivity contribution in [1.82, 2.24) is 15.1 Å². The zero-order valence-electron chi connectivity index (χ0n) is 14.0. The number of nitrogens with zero attached hydrogens (tertiary/aromatic N) is 3. The van der Waals surface area contributed by atoms with Gasteiger partial charge in [0.25, 0.3) is 0 Å². The average molecular weight is 329 g/mol. The predicted octanol–water partition coefficient (Wildman–Crippen LogP) is 2.54. The number of aromatic nitrogens is 2. The molecule has 1 saturated carbocycles. The van der Waals surface area contributed by atoms with Gasteiger partial charge in [0.05, 0.1) is 19.8 Å². The van der Waals surface area contributed by atoms with Gasteiger partial charge in [-0.2, -0.15) is 0 Å². The van der Waals surface area contributed by atoms with Gasteiger partial charge in [-0.25, -0.2) is 0 Å². The van der Waals surface area contributed by atoms with E-state index in [1.54, 1.807) is 0 Å². The second-order valence-electron chi connectivity index (χ2n) is 7.74. The number of ether oxygens (including phenoxy) is 1. The Kier molecular flexibility index (Phi) is 3.31. The van der Waals surface area contributed by atoms with Gasteiger partial charge >= 0.3 is 0 Å². The number of aryl methyl sites for hydroxylation is 1. The largest absolute Gasteiger partial charge is 0.465 e. The summed E-state index contributed by atoms with van der Waals surface area (Å²) in [6, 6.07) is 4.11. The molecular weight excluding hydrogens is 306 g/mol. The lowest BCUT2D eigenvalue weighted by molar-refractivity contribution is 0.120. The highest BCUT2D eigenvalue weighted by molar-refractivity contribution is 5.09. The van der Waals surface area contributed by atoms with Crippen molar-refractivity contribution in [2.75, 3.05) is 26.3 Å². The van der Waals surface area contributed by atoms with E-state index in [1.165, 1.54) is 12.8 Å². The monoisotopic (exact) mass is 329 g/mol. The van der Waals surface area contributed by atoms with Crippen LogP contribution >= 0.6 is 0 Å². The molecule has 1 aliphatic carbocycles. The van der Waals surface area contributed by atoms with Gasteiger partial charge in [0.15, 0.2) is 0 Å². The van der Waals surface area contributed by atoms with Gasteiger partial charge in [0.2, 0.25) is 11.8 Å². The summed E-state index contributed by atoms with van der Waals surface area (Å²) in [4.78, 5) is 2.48. The van der Waals surface area contributed by atoms with Crippen LogP contribution in [0.25, 0.3) is 0 Å². The van der Waals surface area contributed by atoms with Crippen LogP contribution in [-0.4, -0.2) is 41.4 Å². The fraction of sp³-hybridized carbons (Fsp3) is 0.667. The molecule has 2 aliphatic heterocycles. The van der Waals surface area contributed by atoms with E-state index < -0.39 is 0 Å². The van der Waals surface area contributed by atoms with Crippen LogP contribution in [0.5, 0.6) is 0 Å². The highest BCUT2D eigenvalue weighted by atomic mass is 16.5. The Morgan fingerprint density at radius 1 is 1.25 bits per heavy atom. The molecule has 0 amide bonds. The second kappa shape index (κ2) is 5.43. The zero-order valence-corrected chi connectivity index (χ0v) is 14.0. The van der Waals surface area contributed by atoms with E-state index in [9.17, 15) is 0 Å². The van der Waals surface area contributed by atoms with Gasteiger partial charge in [-0.1, -0.05) is 0 Å². The summed E-state index contributed by atoms with van der Waals surface area (Å²) in [6.07, 6.45) is 3.20. The summed E-state index contributed by atoms with van der Waals surface area (Å²) in [7, 11) is 0. The topological polar surface area (TPSA) is 64.5 Å². The first kappa shape index (κ1) is 14.7. The molecule has 2 aromatic heterocycles. The first-order valence-electron chi connectivity index (χ1n) is 8.88. The number of hydrogen-bond acceptors (Lipinski definition) is 6. The molecule has 0 aromatic carbocycles. The highest BCUT2D eigenvalue weighted by Gasteiger charge is 2.51. The maximum Gasteiger partial charge on any atom is 0.219 e. The van der Waals surface area contributed by atoms with Gasteiger partial charge in [0.1, 0.15) is 11.5 Å². The first-order valence-corrected chi connectivity index (χ1v) is 8.88. The normalized spacial score (nSPS) is 30.1. The molecule has 3 fully saturated rings. The molecule has 2 atom stereocenters. The van der Waals surface area contributed by atoms with E-state index in [1.807, 2.05) is 13.0 Å². The SMILES string of the molecule is Cc1ccc(CN2C[C@H]3COC[C@@]3(Cc3nnc(C4CC4)o3)C2)o1. The summed E-state index contributed by atoms with van der Waals surface area (Å²) >= 11 is 0. The zero-order chi connectivity index (χ0) is 16.1. The van der Waals surface area contributed by atoms with Crippen molar-refractivity contribution in [2.45, 2.75) is 38.6 Å². The van der Waals surface area contributed by atoms with E-state index in [0.29, 0.717) is 11.8 Å². The Morgan fingerprint density at radius 3 is 2.96 bits per heavy atom. The van der Waals surface area contributed by atoms with Crippen LogP contribution in [0.1, 0.15) is 42.1 Å². The maximum atomic E-state index is 5.91. The second-order valence-corrected chi connectivity index (χ2v) is 7.74. The van der Waals surface area contributed by atoms with Crippen molar-refractivity contribution in [3.05, 3.63) is 35.4 Å². The Labute approximate surface area is 141 Å². The molecule has 6 nitrogen and oxygen atoms in total. The van der Waals surface area contributed by atoms with Crippen molar-refractivity contribution in [2.24, 2.45) is 11.3 Å². The summed E-state index contributed by atoms with van der Waals surface area (Å²) in [6.45, 7) is 6.51. The minimum absolute atomic E-state index is 0.106. The molecular formula is C18H23N3O3. The van der Waals surface area contributed by atoms with Crippen LogP contribution in [0.4, 0.5) is 0 Å². The first-order chi connectivity index (χ1) is 11.7. The van der Waals surface area contributed by atoms with E-state index >= 15 is 0 Å². The third-order valence-electron chi connectivity index (χ3n) is 5.68. The molecule has 0 unspecified atom stereocenters. The molecule has 24 heavy (non-hydrogen) atoms. The van der Waals surface area contributed by atoms with Crippen LogP contribution in [0.15, 0.2) is 21.0 Å². The standard InChI is InChI=1S/C18H23N3O3/c1-12-2-5-15(23-12)8-21-7-14-9-22-11-18(14,10-21)6-16-19-20-17(24-16)13-3-4-13/h2,5,13-14H,3-4,6-11H2,1H3/t14-,18+/m0/s1. The quantitative estimate of drug-likeness (QED) is 0.840. The van der Waals surface area contributed by atoms with Crippen LogP contribution < -0.4 is 0 Å². The lowest BCUT2D eigenvalue weighted by Gasteiger charge is -2.25. The third-order valence-corrected chi connectivity index (χ3v) is 5.68. The Bertz CT molecular complexity index is 735. The number of hydrogen-bond donors (Lipinski definition) is 0. The van der Waals surface area contributed by atoms with Crippen molar-refractivity contribution in [3.8, 4) is 0 Å². The van der Waals surface area contributed by atoms with Gasteiger partial charge in [-0.3, -0.25) is 4.90 Å². The maximum absolute atomic E-state index is 5.91. The van der Waals surface area contributed by atoms with Gasteiger partial charge in [-0.15, -0.1) is 10.2 Å². The third kappa shape index (κ3) is 2.58. The van der Waals surface area contributed by atoms with E-state index in [2.05, 4.69) is 21.2 Å². The summed E-state index contributed by atoms with van der Waals surface area (Å²) < 4.78 is 17.5. The molecule has 3 aliphatic rings. The van der Waals surface area contributed by atoms with Crippen LogP contribution in [0.3, 0.4) is 0 Å². The van der Waals surface area contributed by atoms with Crippen molar-refractivity contribution in [3.63, 3.8) is 0 Å². The molecule has 2 aromatic rings. The average Bonchev–Trinajstić information content (AvgIpc) is 2.85. The minimum atomic E-state index is 0.106. The van der Waals surface area contributed by atoms with E-state index in [4.69, 9.17) is 13.6 Å². The number of rotatable bonds is 5. The van der Waals surface area contributed by atoms with Crippen molar-refractivity contribution < 1.29 is 13.6 Å². The molecule has 6 heteroatoms. The Hall–Kier alpha value is -1.66. The number of fused-ring (bicyclic) bond motifs is 1. The van der Waals surface area contributed by atoms with Gasteiger partial charge in [0, 0.05) is 36.8 Å². The van der Waals surface area contributed by atoms with Crippen molar-refractivity contribution >= 4 is 0 Å². The molecule has 0 N–H and O–H groups in total. The molecule has 0 spiro atoms.